The van der Waals surface area contributed by atoms with E-state index in [9.17, 15) is 13.2 Å². The van der Waals surface area contributed by atoms with Gasteiger partial charge in [-0.3, -0.25) is 4.79 Å². The molecule has 1 atom stereocenters. The summed E-state index contributed by atoms with van der Waals surface area (Å²) in [7, 11) is -0.0825. The zero-order valence-corrected chi connectivity index (χ0v) is 18.3. The lowest BCUT2D eigenvalue weighted by Gasteiger charge is -2.45. The SMILES string of the molecule is CN(C)C(=O)CC1CCOC2(CCN(S(=O)(=O)c3cccc4nsnc34)CC2)C1. The van der Waals surface area contributed by atoms with Crippen molar-refractivity contribution in [2.75, 3.05) is 33.8 Å². The zero-order valence-electron chi connectivity index (χ0n) is 16.7. The predicted octanol–water partition coefficient (Wildman–Crippen LogP) is 2.12. The van der Waals surface area contributed by atoms with Crippen molar-refractivity contribution in [2.24, 2.45) is 5.92 Å². The highest BCUT2D eigenvalue weighted by Gasteiger charge is 2.43. The highest BCUT2D eigenvalue weighted by atomic mass is 32.2. The number of benzene rings is 1. The van der Waals surface area contributed by atoms with Gasteiger partial charge in [-0.05, 0) is 43.7 Å². The summed E-state index contributed by atoms with van der Waals surface area (Å²) < 4.78 is 42.4. The number of rotatable bonds is 4. The Hall–Kier alpha value is -1.62. The van der Waals surface area contributed by atoms with Crippen molar-refractivity contribution >= 4 is 38.7 Å². The summed E-state index contributed by atoms with van der Waals surface area (Å²) in [5.41, 5.74) is 0.720. The van der Waals surface area contributed by atoms with Crippen molar-refractivity contribution in [1.82, 2.24) is 18.0 Å². The van der Waals surface area contributed by atoms with E-state index in [2.05, 4.69) is 8.75 Å². The molecule has 0 bridgehead atoms. The van der Waals surface area contributed by atoms with Crippen molar-refractivity contribution < 1.29 is 17.9 Å². The maximum absolute atomic E-state index is 13.2. The van der Waals surface area contributed by atoms with E-state index in [0.717, 1.165) is 24.6 Å². The van der Waals surface area contributed by atoms with Crippen LogP contribution in [0.25, 0.3) is 11.0 Å². The minimum Gasteiger partial charge on any atom is -0.375 e. The third-order valence-electron chi connectivity index (χ3n) is 6.06. The molecular weight excluding hydrogens is 412 g/mol. The molecule has 0 aliphatic carbocycles. The first kappa shape index (κ1) is 20.6. The van der Waals surface area contributed by atoms with Gasteiger partial charge in [-0.1, -0.05) is 6.07 Å². The number of hydrogen-bond donors (Lipinski definition) is 0. The van der Waals surface area contributed by atoms with Gasteiger partial charge in [0.15, 0.2) is 0 Å². The van der Waals surface area contributed by atoms with Gasteiger partial charge in [-0.2, -0.15) is 13.1 Å². The number of piperidine rings is 1. The summed E-state index contributed by atoms with van der Waals surface area (Å²) >= 11 is 1.02. The average molecular weight is 439 g/mol. The zero-order chi connectivity index (χ0) is 20.6. The summed E-state index contributed by atoms with van der Waals surface area (Å²) in [4.78, 5) is 13.9. The Morgan fingerprint density at radius 2 is 2.07 bits per heavy atom. The molecule has 1 aromatic carbocycles. The van der Waals surface area contributed by atoms with Crippen LogP contribution in [0.15, 0.2) is 23.1 Å². The number of aromatic nitrogens is 2. The third-order valence-corrected chi connectivity index (χ3v) is 8.53. The molecule has 0 saturated carbocycles. The number of fused-ring (bicyclic) bond motifs is 1. The minimum atomic E-state index is -3.64. The molecule has 158 valence electrons. The van der Waals surface area contributed by atoms with E-state index in [0.29, 0.717) is 50.0 Å². The first-order valence-electron chi connectivity index (χ1n) is 9.86. The molecule has 2 saturated heterocycles. The monoisotopic (exact) mass is 438 g/mol. The molecule has 1 amide bonds. The van der Waals surface area contributed by atoms with Crippen LogP contribution in [0.1, 0.15) is 32.1 Å². The maximum Gasteiger partial charge on any atom is 0.245 e. The van der Waals surface area contributed by atoms with Crippen molar-refractivity contribution in [1.29, 1.82) is 0 Å². The molecule has 0 radical (unpaired) electrons. The van der Waals surface area contributed by atoms with Gasteiger partial charge in [0.05, 0.1) is 17.3 Å². The second-order valence-electron chi connectivity index (χ2n) is 8.17. The maximum atomic E-state index is 13.2. The molecule has 2 aliphatic rings. The van der Waals surface area contributed by atoms with Gasteiger partial charge in [0.2, 0.25) is 15.9 Å². The topological polar surface area (TPSA) is 92.7 Å². The number of nitrogens with zero attached hydrogens (tertiary/aromatic N) is 4. The number of carbonyl (C=O) groups is 1. The number of carbonyl (C=O) groups excluding carboxylic acids is 1. The summed E-state index contributed by atoms with van der Waals surface area (Å²) in [6.07, 6.45) is 3.50. The fourth-order valence-electron chi connectivity index (χ4n) is 4.34. The molecule has 10 heteroatoms. The molecule has 1 spiro atoms. The van der Waals surface area contributed by atoms with Crippen LogP contribution in [0.4, 0.5) is 0 Å². The highest BCUT2D eigenvalue weighted by molar-refractivity contribution is 7.89. The van der Waals surface area contributed by atoms with Crippen LogP contribution < -0.4 is 0 Å². The quantitative estimate of drug-likeness (QED) is 0.726. The van der Waals surface area contributed by atoms with Crippen LogP contribution in [0.2, 0.25) is 0 Å². The highest BCUT2D eigenvalue weighted by Crippen LogP contribution is 2.40. The molecule has 1 unspecified atom stereocenters. The normalized spacial score (nSPS) is 22.8. The van der Waals surface area contributed by atoms with E-state index < -0.39 is 10.0 Å². The average Bonchev–Trinajstić information content (AvgIpc) is 3.17. The third kappa shape index (κ3) is 4.03. The molecule has 4 rings (SSSR count). The largest absolute Gasteiger partial charge is 0.375 e. The van der Waals surface area contributed by atoms with Gasteiger partial charge in [0.25, 0.3) is 0 Å². The lowest BCUT2D eigenvalue weighted by atomic mass is 9.78. The Morgan fingerprint density at radius 3 is 2.79 bits per heavy atom. The van der Waals surface area contributed by atoms with Crippen LogP contribution in [0.3, 0.4) is 0 Å². The second kappa shape index (κ2) is 7.90. The first-order chi connectivity index (χ1) is 13.8. The fraction of sp³-hybridized carbons (Fsp3) is 0.632. The summed E-state index contributed by atoms with van der Waals surface area (Å²) in [6, 6.07) is 5.08. The fourth-order valence-corrected chi connectivity index (χ4v) is 6.54. The van der Waals surface area contributed by atoms with E-state index >= 15 is 0 Å². The van der Waals surface area contributed by atoms with Crippen molar-refractivity contribution in [3.8, 4) is 0 Å². The molecule has 1 aromatic heterocycles. The molecule has 0 N–H and O–H groups in total. The predicted molar refractivity (Wildman–Crippen MR) is 110 cm³/mol. The van der Waals surface area contributed by atoms with Gasteiger partial charge in [-0.25, -0.2) is 8.42 Å². The summed E-state index contributed by atoms with van der Waals surface area (Å²) in [5, 5.41) is 0. The Bertz CT molecular complexity index is 997. The Morgan fingerprint density at radius 1 is 1.31 bits per heavy atom. The Balaban J connectivity index is 1.46. The minimum absolute atomic E-state index is 0.136. The van der Waals surface area contributed by atoms with Gasteiger partial charge < -0.3 is 9.64 Å². The van der Waals surface area contributed by atoms with Crippen LogP contribution in [0.5, 0.6) is 0 Å². The summed E-state index contributed by atoms with van der Waals surface area (Å²) in [6.45, 7) is 1.44. The molecule has 3 heterocycles. The van der Waals surface area contributed by atoms with Gasteiger partial charge in [0.1, 0.15) is 15.9 Å². The molecule has 2 aliphatic heterocycles. The van der Waals surface area contributed by atoms with Crippen LogP contribution >= 0.6 is 11.7 Å². The molecule has 2 aromatic rings. The van der Waals surface area contributed by atoms with Crippen LogP contribution in [0, 0.1) is 5.92 Å². The smallest absolute Gasteiger partial charge is 0.245 e. The lowest BCUT2D eigenvalue weighted by molar-refractivity contribution is -0.138. The van der Waals surface area contributed by atoms with E-state index in [-0.39, 0.29) is 22.3 Å². The van der Waals surface area contributed by atoms with Crippen molar-refractivity contribution in [2.45, 2.75) is 42.6 Å². The number of sulfonamides is 1. The van der Waals surface area contributed by atoms with E-state index in [1.807, 2.05) is 0 Å². The number of ether oxygens (including phenoxy) is 1. The standard InChI is InChI=1S/C19H26N4O4S2/c1-22(2)17(24)12-14-6-11-27-19(13-14)7-9-23(10-8-19)29(25,26)16-5-3-4-15-18(16)21-28-20-15/h3-5,14H,6-13H2,1-2H3. The van der Waals surface area contributed by atoms with E-state index in [1.165, 1.54) is 4.31 Å². The van der Waals surface area contributed by atoms with Gasteiger partial charge in [-0.15, -0.1) is 0 Å². The van der Waals surface area contributed by atoms with Gasteiger partial charge in [0, 0.05) is 40.2 Å². The van der Waals surface area contributed by atoms with E-state index in [4.69, 9.17) is 4.74 Å². The van der Waals surface area contributed by atoms with Crippen molar-refractivity contribution in [3.63, 3.8) is 0 Å². The number of amides is 1. The lowest BCUT2D eigenvalue weighted by Crippen LogP contribution is -2.51. The molecular formula is C19H26N4O4S2. The Kier molecular flexibility index (Phi) is 5.62. The Labute approximate surface area is 175 Å². The first-order valence-corrected chi connectivity index (χ1v) is 12.0. The number of hydrogen-bond acceptors (Lipinski definition) is 7. The van der Waals surface area contributed by atoms with Crippen LogP contribution in [-0.4, -0.2) is 71.7 Å². The molecule has 8 nitrogen and oxygen atoms in total. The summed E-state index contributed by atoms with van der Waals surface area (Å²) in [5.74, 6) is 0.425. The van der Waals surface area contributed by atoms with Gasteiger partial charge >= 0.3 is 0 Å². The second-order valence-corrected chi connectivity index (χ2v) is 10.6. The van der Waals surface area contributed by atoms with E-state index in [1.54, 1.807) is 37.2 Å². The molecule has 2 fully saturated rings. The van der Waals surface area contributed by atoms with Crippen molar-refractivity contribution in [3.05, 3.63) is 18.2 Å². The molecule has 29 heavy (non-hydrogen) atoms. The van der Waals surface area contributed by atoms with Crippen LogP contribution in [-0.2, 0) is 19.6 Å².